The van der Waals surface area contributed by atoms with Crippen molar-refractivity contribution in [3.05, 3.63) is 17.8 Å². The average Bonchev–Trinajstić information content (AvgIpc) is 2.37. The summed E-state index contributed by atoms with van der Waals surface area (Å²) in [6.07, 6.45) is 3.38. The first kappa shape index (κ1) is 7.28. The highest BCUT2D eigenvalue weighted by atomic mass is 16.4. The maximum atomic E-state index is 5.32. The van der Waals surface area contributed by atoms with Gasteiger partial charge in [-0.15, -0.1) is 0 Å². The van der Waals surface area contributed by atoms with Crippen LogP contribution in [0.1, 0.15) is 18.6 Å². The Hall–Kier alpha value is -0.830. The molecule has 0 aliphatic carbocycles. The minimum Gasteiger partial charge on any atom is -0.446 e. The highest BCUT2D eigenvalue weighted by molar-refractivity contribution is 4.94. The van der Waals surface area contributed by atoms with Gasteiger partial charge in [0.2, 0.25) is 0 Å². The number of hydrogen-bond donors (Lipinski definition) is 1. The molecule has 1 aromatic rings. The summed E-state index contributed by atoms with van der Waals surface area (Å²) in [4.78, 5) is 4.03. The lowest BCUT2D eigenvalue weighted by atomic mass is 10.4. The molecule has 0 fully saturated rings. The van der Waals surface area contributed by atoms with Gasteiger partial charge in [-0.2, -0.15) is 0 Å². The van der Waals surface area contributed by atoms with E-state index in [-0.39, 0.29) is 0 Å². The standard InChI is InChI=1S/C7H12N2O/c1-2-7-9-5-6(10-7)3-4-8/h5H,2-4,8H2,1H3. The molecule has 1 heterocycles. The lowest BCUT2D eigenvalue weighted by molar-refractivity contribution is 0.460. The van der Waals surface area contributed by atoms with Gasteiger partial charge in [0.05, 0.1) is 6.20 Å². The molecule has 0 unspecified atom stereocenters. The van der Waals surface area contributed by atoms with Crippen molar-refractivity contribution in [3.63, 3.8) is 0 Å². The van der Waals surface area contributed by atoms with E-state index in [1.54, 1.807) is 6.20 Å². The third-order valence-corrected chi connectivity index (χ3v) is 1.29. The Kier molecular flexibility index (Phi) is 2.45. The van der Waals surface area contributed by atoms with Crippen LogP contribution in [-0.2, 0) is 12.8 Å². The Morgan fingerprint density at radius 2 is 2.50 bits per heavy atom. The van der Waals surface area contributed by atoms with E-state index in [0.29, 0.717) is 6.54 Å². The van der Waals surface area contributed by atoms with Crippen LogP contribution in [0, 0.1) is 0 Å². The van der Waals surface area contributed by atoms with Crippen molar-refractivity contribution in [1.82, 2.24) is 4.98 Å². The van der Waals surface area contributed by atoms with Crippen molar-refractivity contribution in [1.29, 1.82) is 0 Å². The van der Waals surface area contributed by atoms with Crippen LogP contribution < -0.4 is 5.73 Å². The third-order valence-electron chi connectivity index (χ3n) is 1.29. The molecule has 0 aromatic carbocycles. The van der Waals surface area contributed by atoms with Crippen LogP contribution in [0.15, 0.2) is 10.6 Å². The quantitative estimate of drug-likeness (QED) is 0.673. The number of rotatable bonds is 3. The smallest absolute Gasteiger partial charge is 0.194 e. The molecule has 1 rings (SSSR count). The van der Waals surface area contributed by atoms with E-state index < -0.39 is 0 Å². The Balaban J connectivity index is 2.59. The SMILES string of the molecule is CCc1ncc(CCN)o1. The molecule has 0 bridgehead atoms. The third kappa shape index (κ3) is 1.57. The molecule has 56 valence electrons. The number of aromatic nitrogens is 1. The van der Waals surface area contributed by atoms with Gasteiger partial charge in [-0.3, -0.25) is 0 Å². The van der Waals surface area contributed by atoms with Gasteiger partial charge >= 0.3 is 0 Å². The van der Waals surface area contributed by atoms with Gasteiger partial charge < -0.3 is 10.2 Å². The molecular weight excluding hydrogens is 128 g/mol. The second kappa shape index (κ2) is 3.37. The van der Waals surface area contributed by atoms with E-state index in [9.17, 15) is 0 Å². The van der Waals surface area contributed by atoms with Gasteiger partial charge in [0.15, 0.2) is 5.89 Å². The van der Waals surface area contributed by atoms with Crippen LogP contribution in [0.25, 0.3) is 0 Å². The summed E-state index contributed by atoms with van der Waals surface area (Å²) >= 11 is 0. The first-order valence-corrected chi connectivity index (χ1v) is 3.50. The zero-order valence-electron chi connectivity index (χ0n) is 6.13. The molecule has 0 atom stereocenters. The van der Waals surface area contributed by atoms with Crippen molar-refractivity contribution in [2.75, 3.05) is 6.54 Å². The van der Waals surface area contributed by atoms with E-state index in [1.807, 2.05) is 6.92 Å². The molecule has 0 aliphatic heterocycles. The first-order chi connectivity index (χ1) is 4.86. The van der Waals surface area contributed by atoms with Gasteiger partial charge in [-0.05, 0) is 6.54 Å². The monoisotopic (exact) mass is 140 g/mol. The summed E-state index contributed by atoms with van der Waals surface area (Å²) in [5, 5.41) is 0. The molecule has 3 heteroatoms. The van der Waals surface area contributed by atoms with Crippen LogP contribution in [0.2, 0.25) is 0 Å². The molecule has 0 saturated heterocycles. The van der Waals surface area contributed by atoms with Gasteiger partial charge in [-0.25, -0.2) is 4.98 Å². The zero-order valence-corrected chi connectivity index (χ0v) is 6.13. The van der Waals surface area contributed by atoms with Gasteiger partial charge in [0, 0.05) is 12.8 Å². The highest BCUT2D eigenvalue weighted by Crippen LogP contribution is 2.03. The minimum absolute atomic E-state index is 0.623. The van der Waals surface area contributed by atoms with Gasteiger partial charge in [0.1, 0.15) is 5.76 Å². The Bertz CT molecular complexity index is 195. The molecule has 2 N–H and O–H groups in total. The zero-order chi connectivity index (χ0) is 7.40. The van der Waals surface area contributed by atoms with Crippen LogP contribution >= 0.6 is 0 Å². The molecule has 3 nitrogen and oxygen atoms in total. The molecule has 10 heavy (non-hydrogen) atoms. The van der Waals surface area contributed by atoms with Crippen molar-refractivity contribution in [2.24, 2.45) is 5.73 Å². The Morgan fingerprint density at radius 1 is 1.70 bits per heavy atom. The van der Waals surface area contributed by atoms with Crippen molar-refractivity contribution in [2.45, 2.75) is 19.8 Å². The molecular formula is C7H12N2O. The fourth-order valence-corrected chi connectivity index (χ4v) is 0.769. The molecule has 0 saturated carbocycles. The summed E-state index contributed by atoms with van der Waals surface area (Å²) < 4.78 is 5.28. The number of hydrogen-bond acceptors (Lipinski definition) is 3. The predicted molar refractivity (Wildman–Crippen MR) is 38.6 cm³/mol. The fraction of sp³-hybridized carbons (Fsp3) is 0.571. The van der Waals surface area contributed by atoms with E-state index in [4.69, 9.17) is 10.2 Å². The fourth-order valence-electron chi connectivity index (χ4n) is 0.769. The summed E-state index contributed by atoms with van der Waals surface area (Å²) in [5.74, 6) is 1.68. The molecule has 1 aromatic heterocycles. The average molecular weight is 140 g/mol. The Morgan fingerprint density at radius 3 is 3.00 bits per heavy atom. The van der Waals surface area contributed by atoms with Gasteiger partial charge in [0.25, 0.3) is 0 Å². The topological polar surface area (TPSA) is 52.0 Å². The summed E-state index contributed by atoms with van der Waals surface area (Å²) in [6.45, 7) is 2.64. The lowest BCUT2D eigenvalue weighted by Gasteiger charge is -1.88. The summed E-state index contributed by atoms with van der Waals surface area (Å²) in [5.41, 5.74) is 5.32. The molecule has 0 radical (unpaired) electrons. The van der Waals surface area contributed by atoms with E-state index in [2.05, 4.69) is 4.98 Å². The van der Waals surface area contributed by atoms with E-state index in [0.717, 1.165) is 24.5 Å². The van der Waals surface area contributed by atoms with Crippen LogP contribution in [0.4, 0.5) is 0 Å². The van der Waals surface area contributed by atoms with Crippen LogP contribution in [-0.4, -0.2) is 11.5 Å². The van der Waals surface area contributed by atoms with Crippen molar-refractivity contribution >= 4 is 0 Å². The molecule has 0 amide bonds. The van der Waals surface area contributed by atoms with Gasteiger partial charge in [-0.1, -0.05) is 6.92 Å². The lowest BCUT2D eigenvalue weighted by Crippen LogP contribution is -2.01. The predicted octanol–water partition coefficient (Wildman–Crippen LogP) is 0.738. The van der Waals surface area contributed by atoms with Crippen molar-refractivity contribution in [3.8, 4) is 0 Å². The number of nitrogens with two attached hydrogens (primary N) is 1. The number of oxazole rings is 1. The summed E-state index contributed by atoms with van der Waals surface area (Å²) in [7, 11) is 0. The number of aryl methyl sites for hydroxylation is 1. The summed E-state index contributed by atoms with van der Waals surface area (Å²) in [6, 6.07) is 0. The second-order valence-electron chi connectivity index (χ2n) is 2.11. The normalized spacial score (nSPS) is 10.2. The first-order valence-electron chi connectivity index (χ1n) is 3.50. The van der Waals surface area contributed by atoms with Crippen LogP contribution in [0.5, 0.6) is 0 Å². The molecule has 0 spiro atoms. The largest absolute Gasteiger partial charge is 0.446 e. The molecule has 0 aliphatic rings. The highest BCUT2D eigenvalue weighted by Gasteiger charge is 1.98. The maximum Gasteiger partial charge on any atom is 0.194 e. The van der Waals surface area contributed by atoms with Crippen LogP contribution in [0.3, 0.4) is 0 Å². The number of nitrogens with zero attached hydrogens (tertiary/aromatic N) is 1. The van der Waals surface area contributed by atoms with E-state index in [1.165, 1.54) is 0 Å². The minimum atomic E-state index is 0.623. The van der Waals surface area contributed by atoms with Crippen molar-refractivity contribution < 1.29 is 4.42 Å². The Labute approximate surface area is 60.2 Å². The maximum absolute atomic E-state index is 5.32. The second-order valence-corrected chi connectivity index (χ2v) is 2.11. The van der Waals surface area contributed by atoms with E-state index >= 15 is 0 Å².